The highest BCUT2D eigenvalue weighted by molar-refractivity contribution is 7.99. The molecule has 2 N–H and O–H groups in total. The number of aryl methyl sites for hydroxylation is 2. The van der Waals surface area contributed by atoms with Crippen molar-refractivity contribution < 1.29 is 74.0 Å². The molecule has 0 radical (unpaired) electrons. The van der Waals surface area contributed by atoms with Gasteiger partial charge in [0.1, 0.15) is 27.9 Å². The van der Waals surface area contributed by atoms with Gasteiger partial charge in [-0.25, -0.2) is 51.1 Å². The molecule has 28 heteroatoms. The number of carbonyl (C=O) groups is 6. The lowest BCUT2D eigenvalue weighted by Crippen LogP contribution is -2.59. The van der Waals surface area contributed by atoms with Crippen LogP contribution in [-0.4, -0.2) is 153 Å². The first-order chi connectivity index (χ1) is 63.5. The van der Waals surface area contributed by atoms with E-state index in [-0.39, 0.29) is 45.9 Å². The molecule has 6 aromatic rings. The third-order valence-electron chi connectivity index (χ3n) is 24.3. The summed E-state index contributed by atoms with van der Waals surface area (Å²) in [6, 6.07) is 27.7. The van der Waals surface area contributed by atoms with Gasteiger partial charge < -0.3 is 43.6 Å². The molecule has 9 rings (SSSR count). The van der Waals surface area contributed by atoms with Crippen LogP contribution in [0, 0.1) is 13.8 Å². The van der Waals surface area contributed by atoms with Gasteiger partial charge in [-0.3, -0.25) is 23.0 Å². The molecule has 1 saturated heterocycles. The number of benzene rings is 5. The number of aliphatic imine (C=N–C) groups is 2. The highest BCUT2D eigenvalue weighted by Gasteiger charge is 2.56. The molecule has 0 aliphatic carbocycles. The molecule has 0 bridgehead atoms. The first-order valence-electron chi connectivity index (χ1n) is 49.0. The molecule has 4 amide bonds. The summed E-state index contributed by atoms with van der Waals surface area (Å²) in [4.78, 5) is 100. The molecule has 2 unspecified atom stereocenters. The molecule has 131 heavy (non-hydrogen) atoms. The second-order valence-corrected chi connectivity index (χ2v) is 40.2. The van der Waals surface area contributed by atoms with E-state index in [9.17, 15) is 45.6 Å². The smallest absolute Gasteiger partial charge is 0.418 e. The molecule has 2 atom stereocenters. The van der Waals surface area contributed by atoms with E-state index in [1.165, 1.54) is 237 Å². The monoisotopic (exact) mass is 1870 g/mol. The number of aromatic nitrogens is 2. The van der Waals surface area contributed by atoms with Crippen LogP contribution < -0.4 is 20.1 Å². The van der Waals surface area contributed by atoms with Gasteiger partial charge in [0, 0.05) is 25.1 Å². The van der Waals surface area contributed by atoms with Crippen LogP contribution in [0.5, 0.6) is 11.5 Å². The maximum Gasteiger partial charge on any atom is 0.418 e. The van der Waals surface area contributed by atoms with Gasteiger partial charge in [0.2, 0.25) is 0 Å². The Kier molecular flexibility index (Phi) is 47.6. The van der Waals surface area contributed by atoms with E-state index in [1.54, 1.807) is 67.8 Å². The fourth-order valence-electron chi connectivity index (χ4n) is 16.8. The summed E-state index contributed by atoms with van der Waals surface area (Å²) in [7, 11) is -4.62. The lowest BCUT2D eigenvalue weighted by molar-refractivity contribution is -0.137. The summed E-state index contributed by atoms with van der Waals surface area (Å²) in [5.41, 5.74) is 0.439. The van der Waals surface area contributed by atoms with Crippen molar-refractivity contribution in [2.24, 2.45) is 9.98 Å². The number of imidazole rings is 1. The van der Waals surface area contributed by atoms with E-state index in [2.05, 4.69) is 36.4 Å². The third-order valence-corrected chi connectivity index (χ3v) is 29.1. The van der Waals surface area contributed by atoms with Crippen LogP contribution >= 0.6 is 11.8 Å². The largest absolute Gasteiger partial charge is 0.491 e. The van der Waals surface area contributed by atoms with E-state index in [0.717, 1.165) is 120 Å². The van der Waals surface area contributed by atoms with E-state index in [1.807, 2.05) is 50.2 Å². The minimum atomic E-state index is -4.27. The van der Waals surface area contributed by atoms with E-state index < -0.39 is 84.9 Å². The first-order valence-corrected chi connectivity index (χ1v) is 52.7. The van der Waals surface area contributed by atoms with Crippen molar-refractivity contribution in [3.63, 3.8) is 0 Å². The summed E-state index contributed by atoms with van der Waals surface area (Å²) in [6.07, 6.45) is 52.2. The van der Waals surface area contributed by atoms with Crippen LogP contribution in [0.25, 0.3) is 0 Å². The Morgan fingerprint density at radius 3 is 1.28 bits per heavy atom. The molecule has 0 saturated carbocycles. The molecule has 5 aromatic carbocycles. The molecule has 3 aliphatic heterocycles. The van der Waals surface area contributed by atoms with Gasteiger partial charge in [-0.1, -0.05) is 344 Å². The maximum atomic E-state index is 15.0. The number of sulfonamides is 2. The SMILES string of the molecule is CCCCCCCCCCCCCCCCCCN1C(C(C(=O)Nc2cc(C)ccc2Sc2cc(C)ccc2OCCOC)N2C(=O)OC(C)(C)C2=O)=Nc2ccccc2S1(=O)=O.CCCCCCCCCCCCCCCCCCN1C(C(C(=O)Nc2ccccc2OCCCCCCCCCCCCCC)n2cnc(C(=O)OC)c2C(=O)OC)=Nc2ccccc2S1(=O)=O. The Labute approximate surface area is 786 Å². The lowest BCUT2D eigenvalue weighted by atomic mass is 10.0. The number of unbranched alkanes of at least 4 members (excludes halogenated alkanes) is 41. The molecule has 3 aliphatic rings. The van der Waals surface area contributed by atoms with Gasteiger partial charge in [0.05, 0.1) is 61.4 Å². The van der Waals surface area contributed by atoms with E-state index >= 15 is 0 Å². The molecule has 4 heterocycles. The fraction of sp³-hybridized carbons (Fsp3) is 0.602. The average molecular weight is 1870 g/mol. The van der Waals surface area contributed by atoms with E-state index in [0.29, 0.717) is 65.3 Å². The number of esters is 2. The van der Waals surface area contributed by atoms with Crippen molar-refractivity contribution in [2.45, 2.75) is 368 Å². The first kappa shape index (κ1) is 107. The normalized spacial score (nSPS) is 14.6. The number of amidine groups is 2. The maximum absolute atomic E-state index is 15.0. The van der Waals surface area contributed by atoms with Crippen LogP contribution in [0.3, 0.4) is 0 Å². The summed E-state index contributed by atoms with van der Waals surface area (Å²) >= 11 is 1.37. The number of anilines is 2. The summed E-state index contributed by atoms with van der Waals surface area (Å²) in [6.45, 7) is 14.7. The number of hydrogen-bond donors (Lipinski definition) is 2. The number of carbonyl (C=O) groups excluding carboxylic acids is 6. The standard InChI is InChI=1S/C54H83N5O8S.C49H68N4O8S2/c1-5-7-9-11-13-15-17-19-20-21-22-23-25-27-29-35-41-59-51(56-45-38-32-34-40-47(45)68(59,63)64)50(58-43-55-48(53(61)65-3)49(58)54(62)66-4)52(60)57-44-37-31-33-39-46(44)67-42-36-30-28-26-24-18-16-14-12-10-8-6-2;1-7-8-9-10-11-12-13-14-15-16-17-18-19-20-21-24-31-52-45(50-38-25-22-23-26-43(38)63(52,57)58)44(53-47(55)49(4,5)61-48(53)56)46(54)51-39-34-36(2)28-30-41(39)62-42-35-37(3)27-29-40(42)60-33-32-59-6/h31-34,37-40,43,50H,5-30,35-36,41-42H2,1-4H3,(H,57,60);22-23,25-30,34-35,44H,7-21,24,31-33H2,1-6H3,(H,51,54). The summed E-state index contributed by atoms with van der Waals surface area (Å²) in [5.74, 6) is -3.59. The van der Waals surface area contributed by atoms with Crippen LogP contribution in [0.1, 0.15) is 355 Å². The van der Waals surface area contributed by atoms with Crippen molar-refractivity contribution in [2.75, 3.05) is 64.9 Å². The van der Waals surface area contributed by atoms with Gasteiger partial charge in [-0.05, 0) is 119 Å². The van der Waals surface area contributed by atoms with Crippen molar-refractivity contribution in [1.82, 2.24) is 23.1 Å². The Balaban J connectivity index is 0.000000324. The predicted octanol–water partition coefficient (Wildman–Crippen LogP) is 25.3. The topological polar surface area (TPSA) is 302 Å². The number of cyclic esters (lactones) is 1. The van der Waals surface area contributed by atoms with Crippen molar-refractivity contribution >= 4 is 102 Å². The minimum Gasteiger partial charge on any atom is -0.491 e. The molecule has 25 nitrogen and oxygen atoms in total. The number of ether oxygens (including phenoxy) is 6. The van der Waals surface area contributed by atoms with Gasteiger partial charge in [0.15, 0.2) is 40.7 Å². The minimum absolute atomic E-state index is 0.00293. The molecular formula is C103H151N9O16S3. The Hall–Kier alpha value is -9.12. The third kappa shape index (κ3) is 33.5. The van der Waals surface area contributed by atoms with Crippen molar-refractivity contribution in [3.05, 3.63) is 138 Å². The number of fused-ring (bicyclic) bond motifs is 2. The fourth-order valence-corrected chi connectivity index (χ4v) is 21.1. The molecular weight excluding hydrogens is 1720 g/mol. The zero-order valence-corrected chi connectivity index (χ0v) is 82.6. The molecule has 1 fully saturated rings. The number of imide groups is 1. The highest BCUT2D eigenvalue weighted by atomic mass is 32.2. The average Bonchev–Trinajstić information content (AvgIpc) is 1.56. The van der Waals surface area contributed by atoms with Gasteiger partial charge >= 0.3 is 18.0 Å². The number of nitrogens with one attached hydrogen (secondary N) is 2. The summed E-state index contributed by atoms with van der Waals surface area (Å²) < 4.78 is 94.7. The highest BCUT2D eigenvalue weighted by Crippen LogP contribution is 2.43. The van der Waals surface area contributed by atoms with Crippen molar-refractivity contribution in [3.8, 4) is 11.5 Å². The van der Waals surface area contributed by atoms with Crippen LogP contribution in [0.2, 0.25) is 0 Å². The molecule has 0 spiro atoms. The number of hydrogen-bond acceptors (Lipinski definition) is 20. The van der Waals surface area contributed by atoms with Crippen molar-refractivity contribution in [1.29, 1.82) is 0 Å². The Morgan fingerprint density at radius 2 is 0.832 bits per heavy atom. The zero-order valence-electron chi connectivity index (χ0n) is 80.2. The lowest BCUT2D eigenvalue weighted by Gasteiger charge is -2.35. The number of nitrogens with zero attached hydrogens (tertiary/aromatic N) is 7. The van der Waals surface area contributed by atoms with Gasteiger partial charge in [-0.15, -0.1) is 0 Å². The van der Waals surface area contributed by atoms with Crippen LogP contribution in [0.15, 0.2) is 145 Å². The van der Waals surface area contributed by atoms with E-state index in [4.69, 9.17) is 38.4 Å². The Morgan fingerprint density at radius 1 is 0.435 bits per heavy atom. The number of para-hydroxylation sites is 4. The zero-order chi connectivity index (χ0) is 94.2. The second kappa shape index (κ2) is 58.1. The van der Waals surface area contributed by atoms with Gasteiger partial charge in [0.25, 0.3) is 37.8 Å². The number of amides is 4. The summed E-state index contributed by atoms with van der Waals surface area (Å²) in [5, 5.41) is 5.92. The number of rotatable bonds is 64. The van der Waals surface area contributed by atoms with Crippen LogP contribution in [-0.2, 0) is 53.4 Å². The predicted molar refractivity (Wildman–Crippen MR) is 523 cm³/mol. The molecule has 1 aromatic heterocycles. The van der Waals surface area contributed by atoms with Crippen LogP contribution in [0.4, 0.5) is 27.5 Å². The number of methoxy groups -OCH3 is 3. The van der Waals surface area contributed by atoms with Gasteiger partial charge in [-0.2, -0.15) is 0 Å². The Bertz CT molecular complexity index is 4840. The molecule has 722 valence electrons. The second-order valence-electron chi connectivity index (χ2n) is 35.4. The quantitative estimate of drug-likeness (QED) is 0.0204.